The van der Waals surface area contributed by atoms with Crippen LogP contribution < -0.4 is 11.1 Å². The van der Waals surface area contributed by atoms with Crippen LogP contribution in [0.25, 0.3) is 0 Å². The van der Waals surface area contributed by atoms with Gasteiger partial charge in [-0.1, -0.05) is 0 Å². The Bertz CT molecular complexity index is 291. The zero-order valence-corrected chi connectivity index (χ0v) is 10.1. The van der Waals surface area contributed by atoms with Gasteiger partial charge in [-0.2, -0.15) is 0 Å². The van der Waals surface area contributed by atoms with Gasteiger partial charge in [0, 0.05) is 16.7 Å². The number of hydrogen-bond acceptors (Lipinski definition) is 3. The summed E-state index contributed by atoms with van der Waals surface area (Å²) in [5, 5.41) is 11.8. The normalized spacial score (nSPS) is 10.1. The predicted molar refractivity (Wildman–Crippen MR) is 68.4 cm³/mol. The van der Waals surface area contributed by atoms with Crippen molar-refractivity contribution in [1.29, 1.82) is 0 Å². The van der Waals surface area contributed by atoms with E-state index in [1.54, 1.807) is 0 Å². The molecule has 3 nitrogen and oxygen atoms in total. The third-order valence-corrected chi connectivity index (χ3v) is 2.58. The molecule has 0 saturated carbocycles. The molecule has 1 aromatic rings. The number of unbranched alkanes of at least 4 members (excludes halogenated alkanes) is 1. The van der Waals surface area contributed by atoms with Crippen molar-refractivity contribution >= 4 is 34.0 Å². The van der Waals surface area contributed by atoms with E-state index in [9.17, 15) is 0 Å². The largest absolute Gasteiger partial charge is 0.397 e. The Kier molecular flexibility index (Phi) is 5.03. The summed E-state index contributed by atoms with van der Waals surface area (Å²) in [5.41, 5.74) is 7.57. The molecule has 0 aliphatic rings. The first kappa shape index (κ1) is 11.6. The highest BCUT2D eigenvalue weighted by atomic mass is 127. The summed E-state index contributed by atoms with van der Waals surface area (Å²) in [6.45, 7) is 1.11. The lowest BCUT2D eigenvalue weighted by Gasteiger charge is -2.08. The van der Waals surface area contributed by atoms with Crippen molar-refractivity contribution < 1.29 is 5.11 Å². The fraction of sp³-hybridized carbons (Fsp3) is 0.400. The summed E-state index contributed by atoms with van der Waals surface area (Å²) < 4.78 is 1.14. The van der Waals surface area contributed by atoms with E-state index in [1.807, 2.05) is 18.2 Å². The monoisotopic (exact) mass is 306 g/mol. The highest BCUT2D eigenvalue weighted by Crippen LogP contribution is 2.20. The van der Waals surface area contributed by atoms with E-state index in [1.165, 1.54) is 0 Å². The molecule has 14 heavy (non-hydrogen) atoms. The first-order valence-corrected chi connectivity index (χ1v) is 5.71. The zero-order valence-electron chi connectivity index (χ0n) is 7.96. The van der Waals surface area contributed by atoms with Crippen molar-refractivity contribution in [2.75, 3.05) is 24.2 Å². The topological polar surface area (TPSA) is 58.3 Å². The number of hydrogen-bond donors (Lipinski definition) is 3. The van der Waals surface area contributed by atoms with E-state index >= 15 is 0 Å². The number of aliphatic hydroxyl groups excluding tert-OH is 1. The Morgan fingerprint density at radius 3 is 2.79 bits per heavy atom. The van der Waals surface area contributed by atoms with Crippen LogP contribution in [-0.2, 0) is 0 Å². The molecule has 0 heterocycles. The summed E-state index contributed by atoms with van der Waals surface area (Å²) in [4.78, 5) is 0. The molecule has 4 N–H and O–H groups in total. The number of nitrogens with two attached hydrogens (primary N) is 1. The van der Waals surface area contributed by atoms with Crippen molar-refractivity contribution in [2.24, 2.45) is 0 Å². The SMILES string of the molecule is Nc1cc(I)ccc1NCCCCO. The third-order valence-electron chi connectivity index (χ3n) is 1.91. The number of rotatable bonds is 5. The molecule has 0 fully saturated rings. The van der Waals surface area contributed by atoms with Crippen molar-refractivity contribution in [3.05, 3.63) is 21.8 Å². The molecule has 1 aromatic carbocycles. The van der Waals surface area contributed by atoms with Crippen molar-refractivity contribution in [3.63, 3.8) is 0 Å². The number of halogens is 1. The molecule has 0 bridgehead atoms. The number of aliphatic hydroxyl groups is 1. The van der Waals surface area contributed by atoms with Gasteiger partial charge in [-0.25, -0.2) is 0 Å². The predicted octanol–water partition coefficient (Wildman–Crippen LogP) is 2.06. The molecule has 0 spiro atoms. The lowest BCUT2D eigenvalue weighted by Crippen LogP contribution is -2.04. The summed E-state index contributed by atoms with van der Waals surface area (Å²) >= 11 is 2.23. The lowest BCUT2D eigenvalue weighted by molar-refractivity contribution is 0.286. The van der Waals surface area contributed by atoms with Gasteiger partial charge in [-0.15, -0.1) is 0 Å². The van der Waals surface area contributed by atoms with E-state index in [2.05, 4.69) is 27.9 Å². The Balaban J connectivity index is 2.42. The molecule has 0 amide bonds. The highest BCUT2D eigenvalue weighted by Gasteiger charge is 1.97. The number of benzene rings is 1. The quantitative estimate of drug-likeness (QED) is 0.443. The first-order valence-electron chi connectivity index (χ1n) is 4.64. The Morgan fingerprint density at radius 2 is 2.14 bits per heavy atom. The molecule has 0 unspecified atom stereocenters. The standard InChI is InChI=1S/C10H15IN2O/c11-8-3-4-10(9(12)7-8)13-5-1-2-6-14/h3-4,7,13-14H,1-2,5-6,12H2. The van der Waals surface area contributed by atoms with Gasteiger partial charge in [-0.05, 0) is 53.6 Å². The molecule has 0 aromatic heterocycles. The highest BCUT2D eigenvalue weighted by molar-refractivity contribution is 14.1. The molecular weight excluding hydrogens is 291 g/mol. The lowest BCUT2D eigenvalue weighted by atomic mass is 10.2. The smallest absolute Gasteiger partial charge is 0.0574 e. The van der Waals surface area contributed by atoms with Crippen LogP contribution in [0.2, 0.25) is 0 Å². The molecule has 0 atom stereocenters. The minimum Gasteiger partial charge on any atom is -0.397 e. The van der Waals surface area contributed by atoms with Crippen LogP contribution in [0.4, 0.5) is 11.4 Å². The van der Waals surface area contributed by atoms with Crippen molar-refractivity contribution in [3.8, 4) is 0 Å². The molecule has 0 radical (unpaired) electrons. The van der Waals surface area contributed by atoms with Crippen molar-refractivity contribution in [2.45, 2.75) is 12.8 Å². The van der Waals surface area contributed by atoms with Gasteiger partial charge in [0.1, 0.15) is 0 Å². The number of nitrogen functional groups attached to an aromatic ring is 1. The summed E-state index contributed by atoms with van der Waals surface area (Å²) in [5.74, 6) is 0. The molecule has 0 aliphatic heterocycles. The van der Waals surface area contributed by atoms with Gasteiger partial charge in [0.25, 0.3) is 0 Å². The van der Waals surface area contributed by atoms with Crippen LogP contribution in [0.1, 0.15) is 12.8 Å². The van der Waals surface area contributed by atoms with Gasteiger partial charge in [-0.3, -0.25) is 0 Å². The molecule has 1 rings (SSSR count). The average molecular weight is 306 g/mol. The van der Waals surface area contributed by atoms with Crippen LogP contribution in [0, 0.1) is 3.57 Å². The van der Waals surface area contributed by atoms with Gasteiger partial charge < -0.3 is 16.2 Å². The molecule has 0 aliphatic carbocycles. The van der Waals surface area contributed by atoms with Gasteiger partial charge in [0.15, 0.2) is 0 Å². The molecule has 0 saturated heterocycles. The van der Waals surface area contributed by atoms with E-state index in [0.717, 1.165) is 34.3 Å². The fourth-order valence-corrected chi connectivity index (χ4v) is 1.67. The maximum Gasteiger partial charge on any atom is 0.0574 e. The minimum atomic E-state index is 0.254. The maximum absolute atomic E-state index is 8.60. The van der Waals surface area contributed by atoms with Crippen LogP contribution in [0.5, 0.6) is 0 Å². The van der Waals surface area contributed by atoms with Crippen molar-refractivity contribution in [1.82, 2.24) is 0 Å². The van der Waals surface area contributed by atoms with Crippen LogP contribution in [0.3, 0.4) is 0 Å². The Labute approximate surface area is 97.8 Å². The van der Waals surface area contributed by atoms with Gasteiger partial charge >= 0.3 is 0 Å². The Morgan fingerprint density at radius 1 is 1.36 bits per heavy atom. The van der Waals surface area contributed by atoms with E-state index in [4.69, 9.17) is 10.8 Å². The minimum absolute atomic E-state index is 0.254. The Hall–Kier alpha value is -0.490. The zero-order chi connectivity index (χ0) is 10.4. The summed E-state index contributed by atoms with van der Waals surface area (Å²) in [6, 6.07) is 5.94. The average Bonchev–Trinajstić information content (AvgIpc) is 2.15. The maximum atomic E-state index is 8.60. The van der Waals surface area contributed by atoms with E-state index < -0.39 is 0 Å². The number of nitrogens with one attached hydrogen (secondary N) is 1. The third kappa shape index (κ3) is 3.71. The summed E-state index contributed by atoms with van der Waals surface area (Å²) in [6.07, 6.45) is 1.79. The fourth-order valence-electron chi connectivity index (χ4n) is 1.15. The van der Waals surface area contributed by atoms with E-state index in [-0.39, 0.29) is 6.61 Å². The van der Waals surface area contributed by atoms with Crippen LogP contribution in [0.15, 0.2) is 18.2 Å². The second kappa shape index (κ2) is 6.08. The second-order valence-corrected chi connectivity index (χ2v) is 4.33. The van der Waals surface area contributed by atoms with Crippen LogP contribution in [-0.4, -0.2) is 18.3 Å². The summed E-state index contributed by atoms with van der Waals surface area (Å²) in [7, 11) is 0. The van der Waals surface area contributed by atoms with Crippen LogP contribution >= 0.6 is 22.6 Å². The second-order valence-electron chi connectivity index (χ2n) is 3.09. The molecule has 78 valence electrons. The number of anilines is 2. The van der Waals surface area contributed by atoms with E-state index in [0.29, 0.717) is 0 Å². The van der Waals surface area contributed by atoms with Gasteiger partial charge in [0.2, 0.25) is 0 Å². The molecule has 4 heteroatoms. The van der Waals surface area contributed by atoms with Gasteiger partial charge in [0.05, 0.1) is 11.4 Å². The molecular formula is C10H15IN2O. The first-order chi connectivity index (χ1) is 6.74.